The van der Waals surface area contributed by atoms with Gasteiger partial charge in [-0.15, -0.1) is 11.3 Å². The number of alkyl halides is 3. The SMILES string of the molecule is CS(=O)(=O)C1CCC(Nc2nccc(-c3sc(C4(C(F)(F)F)CC4)nc3-c3cccc(NS(=O)(=O)c4c(F)cccc4F)c3F)n2)CC1. The van der Waals surface area contributed by atoms with Crippen LogP contribution in [-0.2, 0) is 25.3 Å². The van der Waals surface area contributed by atoms with Crippen molar-refractivity contribution in [2.45, 2.75) is 66.3 Å². The third kappa shape index (κ3) is 6.48. The van der Waals surface area contributed by atoms with Crippen molar-refractivity contribution in [1.29, 1.82) is 0 Å². The Hall–Kier alpha value is -3.77. The van der Waals surface area contributed by atoms with Crippen LogP contribution in [0.15, 0.2) is 53.6 Å². The van der Waals surface area contributed by atoms with Crippen molar-refractivity contribution in [3.05, 3.63) is 71.1 Å². The molecule has 2 aliphatic rings. The molecule has 0 amide bonds. The molecule has 6 rings (SSSR count). The highest BCUT2D eigenvalue weighted by Crippen LogP contribution is 2.61. The number of benzene rings is 2. The molecule has 0 aliphatic heterocycles. The summed E-state index contributed by atoms with van der Waals surface area (Å²) < 4.78 is 139. The minimum absolute atomic E-state index is 0.0471. The zero-order chi connectivity index (χ0) is 34.6. The van der Waals surface area contributed by atoms with Gasteiger partial charge in [0.25, 0.3) is 10.0 Å². The molecule has 18 heteroatoms. The lowest BCUT2D eigenvalue weighted by atomic mass is 9.95. The molecule has 48 heavy (non-hydrogen) atoms. The molecule has 2 aliphatic carbocycles. The Balaban J connectivity index is 1.38. The Morgan fingerprint density at radius 1 is 0.896 bits per heavy atom. The van der Waals surface area contributed by atoms with E-state index in [1.807, 2.05) is 4.72 Å². The molecule has 2 N–H and O–H groups in total. The van der Waals surface area contributed by atoms with Crippen LogP contribution < -0.4 is 10.0 Å². The average molecular weight is 732 g/mol. The molecule has 0 saturated heterocycles. The first-order valence-corrected chi connectivity index (χ1v) is 18.9. The number of thiazole rings is 1. The molecule has 2 saturated carbocycles. The van der Waals surface area contributed by atoms with E-state index < -0.39 is 64.7 Å². The fourth-order valence-corrected chi connectivity index (χ4v) is 9.37. The van der Waals surface area contributed by atoms with Crippen molar-refractivity contribution in [3.63, 3.8) is 0 Å². The van der Waals surface area contributed by atoms with E-state index in [0.29, 0.717) is 49.2 Å². The molecule has 2 fully saturated rings. The van der Waals surface area contributed by atoms with Crippen LogP contribution >= 0.6 is 11.3 Å². The number of nitrogens with one attached hydrogen (secondary N) is 2. The van der Waals surface area contributed by atoms with Crippen molar-refractivity contribution < 1.29 is 43.2 Å². The lowest BCUT2D eigenvalue weighted by Gasteiger charge is -2.28. The first kappa shape index (κ1) is 34.1. The Labute approximate surface area is 275 Å². The van der Waals surface area contributed by atoms with Crippen LogP contribution in [-0.4, -0.2) is 55.5 Å². The summed E-state index contributed by atoms with van der Waals surface area (Å²) in [6.45, 7) is 0. The molecule has 2 aromatic heterocycles. The lowest BCUT2D eigenvalue weighted by Crippen LogP contribution is -2.32. The van der Waals surface area contributed by atoms with Crippen LogP contribution in [0.3, 0.4) is 0 Å². The third-order valence-electron chi connectivity index (χ3n) is 8.52. The van der Waals surface area contributed by atoms with E-state index in [4.69, 9.17) is 0 Å². The van der Waals surface area contributed by atoms with Crippen molar-refractivity contribution in [2.24, 2.45) is 0 Å². The number of aromatic nitrogens is 3. The highest BCUT2D eigenvalue weighted by atomic mass is 32.2. The molecule has 2 aromatic carbocycles. The van der Waals surface area contributed by atoms with Gasteiger partial charge in [-0.1, -0.05) is 12.1 Å². The summed E-state index contributed by atoms with van der Waals surface area (Å²) in [5.74, 6) is -3.96. The van der Waals surface area contributed by atoms with Crippen LogP contribution in [0.2, 0.25) is 0 Å². The second-order valence-electron chi connectivity index (χ2n) is 11.8. The van der Waals surface area contributed by atoms with Crippen LogP contribution in [0.25, 0.3) is 21.8 Å². The standard InChI is InChI=1S/C30H27F6N5O4S3/c1-47(42,43)17-10-8-16(9-11-17)38-28-37-15-12-22(39-28)25-24(40-27(46-25)29(13-14-29)30(34,35)36)18-4-2-7-21(23(18)33)41-48(44,45)26-19(31)5-3-6-20(26)32/h2-7,12,15-17,41H,8-11,13-14H2,1H3,(H,37,38,39). The second-order valence-corrected chi connectivity index (χ2v) is 16.8. The molecular weight excluding hydrogens is 705 g/mol. The number of nitrogens with zero attached hydrogens (tertiary/aromatic N) is 3. The van der Waals surface area contributed by atoms with Crippen LogP contribution in [0.4, 0.5) is 38.0 Å². The van der Waals surface area contributed by atoms with E-state index in [9.17, 15) is 38.8 Å². The highest BCUT2D eigenvalue weighted by molar-refractivity contribution is 7.92. The van der Waals surface area contributed by atoms with E-state index in [1.165, 1.54) is 30.7 Å². The number of sulfone groups is 1. The van der Waals surface area contributed by atoms with E-state index in [-0.39, 0.29) is 51.7 Å². The van der Waals surface area contributed by atoms with Gasteiger partial charge in [-0.25, -0.2) is 45.0 Å². The second kappa shape index (κ2) is 12.3. The zero-order valence-electron chi connectivity index (χ0n) is 25.0. The first-order chi connectivity index (χ1) is 22.5. The maximum atomic E-state index is 16.1. The summed E-state index contributed by atoms with van der Waals surface area (Å²) >= 11 is 0.670. The predicted molar refractivity (Wildman–Crippen MR) is 167 cm³/mol. The summed E-state index contributed by atoms with van der Waals surface area (Å²) in [6.07, 6.45) is -0.667. The largest absolute Gasteiger partial charge is 0.400 e. The van der Waals surface area contributed by atoms with Crippen molar-refractivity contribution in [1.82, 2.24) is 15.0 Å². The Morgan fingerprint density at radius 3 is 2.15 bits per heavy atom. The van der Waals surface area contributed by atoms with E-state index in [0.717, 1.165) is 12.1 Å². The van der Waals surface area contributed by atoms with E-state index in [1.54, 1.807) is 0 Å². The molecule has 9 nitrogen and oxygen atoms in total. The molecule has 0 spiro atoms. The summed E-state index contributed by atoms with van der Waals surface area (Å²) in [5, 5.41) is 2.36. The summed E-state index contributed by atoms with van der Waals surface area (Å²) in [7, 11) is -8.18. The fourth-order valence-electron chi connectivity index (χ4n) is 5.73. The van der Waals surface area contributed by atoms with Gasteiger partial charge in [0.2, 0.25) is 5.95 Å². The number of hydrogen-bond acceptors (Lipinski definition) is 9. The monoisotopic (exact) mass is 731 g/mol. The molecule has 0 radical (unpaired) electrons. The fraction of sp³-hybridized carbons (Fsp3) is 0.367. The van der Waals surface area contributed by atoms with Crippen molar-refractivity contribution >= 4 is 42.8 Å². The molecule has 0 atom stereocenters. The first-order valence-electron chi connectivity index (χ1n) is 14.6. The Kier molecular flexibility index (Phi) is 8.73. The van der Waals surface area contributed by atoms with Gasteiger partial charge in [0.15, 0.2) is 10.7 Å². The molecule has 0 bridgehead atoms. The van der Waals surface area contributed by atoms with Crippen molar-refractivity contribution in [3.8, 4) is 21.8 Å². The smallest absolute Gasteiger partial charge is 0.351 e. The number of halogens is 6. The number of anilines is 2. The van der Waals surface area contributed by atoms with Crippen LogP contribution in [0.5, 0.6) is 0 Å². The molecule has 4 aromatic rings. The summed E-state index contributed by atoms with van der Waals surface area (Å²) in [5.41, 5.74) is -3.49. The van der Waals surface area contributed by atoms with Gasteiger partial charge >= 0.3 is 6.18 Å². The number of hydrogen-bond donors (Lipinski definition) is 2. The Morgan fingerprint density at radius 2 is 1.54 bits per heavy atom. The predicted octanol–water partition coefficient (Wildman–Crippen LogP) is 6.85. The maximum Gasteiger partial charge on any atom is 0.400 e. The third-order valence-corrected chi connectivity index (χ3v) is 12.9. The van der Waals surface area contributed by atoms with Gasteiger partial charge in [0.1, 0.15) is 31.9 Å². The highest BCUT2D eigenvalue weighted by Gasteiger charge is 2.66. The number of rotatable bonds is 9. The zero-order valence-corrected chi connectivity index (χ0v) is 27.4. The minimum Gasteiger partial charge on any atom is -0.351 e. The van der Waals surface area contributed by atoms with Gasteiger partial charge in [-0.05, 0) is 68.9 Å². The van der Waals surface area contributed by atoms with E-state index in [2.05, 4.69) is 20.3 Å². The molecule has 256 valence electrons. The quantitative estimate of drug-likeness (QED) is 0.179. The minimum atomic E-state index is -4.99. The van der Waals surface area contributed by atoms with Crippen LogP contribution in [0.1, 0.15) is 43.5 Å². The maximum absolute atomic E-state index is 16.1. The summed E-state index contributed by atoms with van der Waals surface area (Å²) in [6, 6.07) is 7.02. The normalized spacial score (nSPS) is 19.6. The average Bonchev–Trinajstić information content (AvgIpc) is 3.71. The molecular formula is C30H27F6N5O4S3. The van der Waals surface area contributed by atoms with Crippen molar-refractivity contribution in [2.75, 3.05) is 16.3 Å². The summed E-state index contributed by atoms with van der Waals surface area (Å²) in [4.78, 5) is 11.6. The Bertz CT molecular complexity index is 2080. The van der Waals surface area contributed by atoms with Gasteiger partial charge in [0, 0.05) is 24.1 Å². The van der Waals surface area contributed by atoms with E-state index >= 15 is 4.39 Å². The van der Waals surface area contributed by atoms with Crippen LogP contribution in [0, 0.1) is 17.5 Å². The topological polar surface area (TPSA) is 131 Å². The van der Waals surface area contributed by atoms with Gasteiger partial charge in [-0.3, -0.25) is 4.72 Å². The molecule has 0 unspecified atom stereocenters. The lowest BCUT2D eigenvalue weighted by molar-refractivity contribution is -0.160. The van der Waals surface area contributed by atoms with Gasteiger partial charge in [-0.2, -0.15) is 13.2 Å². The van der Waals surface area contributed by atoms with Gasteiger partial charge < -0.3 is 5.32 Å². The number of sulfonamides is 1. The van der Waals surface area contributed by atoms with Gasteiger partial charge in [0.05, 0.1) is 27.2 Å². The molecule has 2 heterocycles.